The second-order valence-electron chi connectivity index (χ2n) is 6.41. The third-order valence-electron chi connectivity index (χ3n) is 3.56. The minimum atomic E-state index is -0.551. The molecule has 0 bridgehead atoms. The highest BCUT2D eigenvalue weighted by molar-refractivity contribution is 5.80. The molecule has 0 spiro atoms. The van der Waals surface area contributed by atoms with Gasteiger partial charge in [0.1, 0.15) is 5.60 Å². The van der Waals surface area contributed by atoms with E-state index in [0.717, 1.165) is 5.56 Å². The SMILES string of the molecule is CC(C)(C)OC(=O)N1C[C@H](C(N)=O)[C@@H](c2ccccc2)C1. The van der Waals surface area contributed by atoms with E-state index in [9.17, 15) is 9.59 Å². The van der Waals surface area contributed by atoms with E-state index in [1.807, 2.05) is 51.1 Å². The fourth-order valence-corrected chi connectivity index (χ4v) is 2.61. The van der Waals surface area contributed by atoms with Crippen LogP contribution in [0.2, 0.25) is 0 Å². The predicted octanol–water partition coefficient (Wildman–Crippen LogP) is 2.12. The Morgan fingerprint density at radius 1 is 1.19 bits per heavy atom. The van der Waals surface area contributed by atoms with Gasteiger partial charge in [-0.25, -0.2) is 4.79 Å². The van der Waals surface area contributed by atoms with E-state index in [1.54, 1.807) is 4.90 Å². The van der Waals surface area contributed by atoms with Crippen LogP contribution in [0.4, 0.5) is 4.79 Å². The maximum atomic E-state index is 12.2. The molecule has 1 aromatic rings. The van der Waals surface area contributed by atoms with Crippen LogP contribution in [-0.2, 0) is 9.53 Å². The van der Waals surface area contributed by atoms with Gasteiger partial charge in [0.15, 0.2) is 0 Å². The number of ether oxygens (including phenoxy) is 1. The van der Waals surface area contributed by atoms with Crippen LogP contribution in [0.25, 0.3) is 0 Å². The molecular weight excluding hydrogens is 268 g/mol. The molecule has 0 aliphatic carbocycles. The molecule has 114 valence electrons. The summed E-state index contributed by atoms with van der Waals surface area (Å²) in [5.41, 5.74) is 5.97. The van der Waals surface area contributed by atoms with Gasteiger partial charge < -0.3 is 15.4 Å². The molecule has 2 atom stereocenters. The predicted molar refractivity (Wildman–Crippen MR) is 79.7 cm³/mol. The summed E-state index contributed by atoms with van der Waals surface area (Å²) < 4.78 is 5.37. The zero-order valence-corrected chi connectivity index (χ0v) is 12.7. The summed E-state index contributed by atoms with van der Waals surface area (Å²) in [6.07, 6.45) is -0.396. The molecular formula is C16H22N2O3. The van der Waals surface area contributed by atoms with Gasteiger partial charge in [0.05, 0.1) is 5.92 Å². The average Bonchev–Trinajstić information content (AvgIpc) is 2.83. The first kappa shape index (κ1) is 15.4. The van der Waals surface area contributed by atoms with E-state index in [1.165, 1.54) is 0 Å². The van der Waals surface area contributed by atoms with Gasteiger partial charge in [-0.05, 0) is 26.3 Å². The van der Waals surface area contributed by atoms with E-state index < -0.39 is 11.7 Å². The van der Waals surface area contributed by atoms with Gasteiger partial charge in [0.2, 0.25) is 5.91 Å². The summed E-state index contributed by atoms with van der Waals surface area (Å²) in [7, 11) is 0. The fraction of sp³-hybridized carbons (Fsp3) is 0.500. The molecule has 0 unspecified atom stereocenters. The maximum Gasteiger partial charge on any atom is 0.410 e. The molecule has 21 heavy (non-hydrogen) atoms. The van der Waals surface area contributed by atoms with Crippen molar-refractivity contribution in [1.29, 1.82) is 0 Å². The molecule has 5 nitrogen and oxygen atoms in total. The highest BCUT2D eigenvalue weighted by atomic mass is 16.6. The highest BCUT2D eigenvalue weighted by Crippen LogP contribution is 2.33. The van der Waals surface area contributed by atoms with Crippen molar-refractivity contribution in [2.45, 2.75) is 32.3 Å². The van der Waals surface area contributed by atoms with Crippen molar-refractivity contribution in [3.8, 4) is 0 Å². The van der Waals surface area contributed by atoms with Crippen molar-refractivity contribution in [3.63, 3.8) is 0 Å². The quantitative estimate of drug-likeness (QED) is 0.906. The molecule has 0 radical (unpaired) electrons. The fourth-order valence-electron chi connectivity index (χ4n) is 2.61. The molecule has 1 aliphatic rings. The molecule has 5 heteroatoms. The Balaban J connectivity index is 2.16. The van der Waals surface area contributed by atoms with Crippen LogP contribution in [0.5, 0.6) is 0 Å². The van der Waals surface area contributed by atoms with Crippen LogP contribution in [0.1, 0.15) is 32.3 Å². The standard InChI is InChI=1S/C16H22N2O3/c1-16(2,3)21-15(20)18-9-12(13(10-18)14(17)19)11-7-5-4-6-8-11/h4-8,12-13H,9-10H2,1-3H3,(H2,17,19)/t12-,13+/m1/s1. The Kier molecular flexibility index (Phi) is 4.21. The lowest BCUT2D eigenvalue weighted by Crippen LogP contribution is -2.36. The van der Waals surface area contributed by atoms with Gasteiger partial charge in [-0.3, -0.25) is 4.79 Å². The number of hydrogen-bond acceptors (Lipinski definition) is 3. The van der Waals surface area contributed by atoms with Crippen molar-refractivity contribution in [1.82, 2.24) is 4.90 Å². The number of hydrogen-bond donors (Lipinski definition) is 1. The summed E-state index contributed by atoms with van der Waals surface area (Å²) in [5, 5.41) is 0. The number of primary amides is 1. The van der Waals surface area contributed by atoms with Crippen molar-refractivity contribution >= 4 is 12.0 Å². The van der Waals surface area contributed by atoms with E-state index in [-0.39, 0.29) is 17.7 Å². The summed E-state index contributed by atoms with van der Waals surface area (Å²) in [4.78, 5) is 25.4. The van der Waals surface area contributed by atoms with Crippen molar-refractivity contribution < 1.29 is 14.3 Å². The molecule has 1 saturated heterocycles. The Labute approximate surface area is 125 Å². The lowest BCUT2D eigenvalue weighted by Gasteiger charge is -2.24. The second-order valence-corrected chi connectivity index (χ2v) is 6.41. The van der Waals surface area contributed by atoms with Crippen LogP contribution < -0.4 is 5.73 Å². The number of amides is 2. The topological polar surface area (TPSA) is 72.6 Å². The van der Waals surface area contributed by atoms with Gasteiger partial charge in [-0.1, -0.05) is 30.3 Å². The minimum absolute atomic E-state index is 0.0729. The largest absolute Gasteiger partial charge is 0.444 e. The number of likely N-dealkylation sites (tertiary alicyclic amines) is 1. The lowest BCUT2D eigenvalue weighted by atomic mass is 9.89. The van der Waals surface area contributed by atoms with Crippen LogP contribution in [0.3, 0.4) is 0 Å². The van der Waals surface area contributed by atoms with Gasteiger partial charge >= 0.3 is 6.09 Å². The normalized spacial score (nSPS) is 22.1. The number of carbonyl (C=O) groups is 2. The molecule has 1 aromatic carbocycles. The summed E-state index contributed by atoms with van der Waals surface area (Å²) >= 11 is 0. The molecule has 0 saturated carbocycles. The summed E-state index contributed by atoms with van der Waals surface area (Å²) in [5.74, 6) is -0.828. The number of benzene rings is 1. The number of nitrogens with zero attached hydrogens (tertiary/aromatic N) is 1. The minimum Gasteiger partial charge on any atom is -0.444 e. The Morgan fingerprint density at radius 3 is 2.33 bits per heavy atom. The highest BCUT2D eigenvalue weighted by Gasteiger charge is 2.40. The van der Waals surface area contributed by atoms with Gasteiger partial charge in [0, 0.05) is 19.0 Å². The third-order valence-corrected chi connectivity index (χ3v) is 3.56. The first-order chi connectivity index (χ1) is 9.78. The number of carbonyl (C=O) groups excluding carboxylic acids is 2. The average molecular weight is 290 g/mol. The smallest absolute Gasteiger partial charge is 0.410 e. The Bertz CT molecular complexity index is 522. The zero-order valence-electron chi connectivity index (χ0n) is 12.7. The molecule has 2 rings (SSSR count). The Hall–Kier alpha value is -2.04. The summed E-state index contributed by atoms with van der Waals surface area (Å²) in [6.45, 7) is 6.22. The van der Waals surface area contributed by atoms with Crippen molar-refractivity contribution in [2.24, 2.45) is 11.7 Å². The lowest BCUT2D eigenvalue weighted by molar-refractivity contribution is -0.121. The molecule has 2 amide bonds. The molecule has 1 heterocycles. The molecule has 1 aliphatic heterocycles. The van der Waals surface area contributed by atoms with Gasteiger partial charge in [0.25, 0.3) is 0 Å². The van der Waals surface area contributed by atoms with E-state index in [2.05, 4.69) is 0 Å². The first-order valence-corrected chi connectivity index (χ1v) is 7.10. The van der Waals surface area contributed by atoms with Gasteiger partial charge in [-0.2, -0.15) is 0 Å². The molecule has 0 aromatic heterocycles. The monoisotopic (exact) mass is 290 g/mol. The molecule has 2 N–H and O–H groups in total. The molecule has 1 fully saturated rings. The second kappa shape index (κ2) is 5.76. The van der Waals surface area contributed by atoms with Crippen molar-refractivity contribution in [3.05, 3.63) is 35.9 Å². The van der Waals surface area contributed by atoms with Crippen LogP contribution in [0.15, 0.2) is 30.3 Å². The van der Waals surface area contributed by atoms with E-state index in [4.69, 9.17) is 10.5 Å². The zero-order chi connectivity index (χ0) is 15.6. The number of nitrogens with two attached hydrogens (primary N) is 1. The van der Waals surface area contributed by atoms with Crippen LogP contribution in [-0.4, -0.2) is 35.6 Å². The maximum absolute atomic E-state index is 12.2. The van der Waals surface area contributed by atoms with E-state index >= 15 is 0 Å². The van der Waals surface area contributed by atoms with Crippen molar-refractivity contribution in [2.75, 3.05) is 13.1 Å². The number of rotatable bonds is 2. The van der Waals surface area contributed by atoms with E-state index in [0.29, 0.717) is 13.1 Å². The van der Waals surface area contributed by atoms with Crippen LogP contribution >= 0.6 is 0 Å². The van der Waals surface area contributed by atoms with Gasteiger partial charge in [-0.15, -0.1) is 0 Å². The first-order valence-electron chi connectivity index (χ1n) is 7.10. The van der Waals surface area contributed by atoms with Crippen LogP contribution in [0, 0.1) is 5.92 Å². The third kappa shape index (κ3) is 3.74. The summed E-state index contributed by atoms with van der Waals surface area (Å²) in [6, 6.07) is 9.68. The Morgan fingerprint density at radius 2 is 1.81 bits per heavy atom.